The van der Waals surface area contributed by atoms with Crippen molar-refractivity contribution < 1.29 is 9.53 Å². The molecule has 0 saturated heterocycles. The van der Waals surface area contributed by atoms with Crippen LogP contribution in [0.1, 0.15) is 53.1 Å². The van der Waals surface area contributed by atoms with Gasteiger partial charge in [0.2, 0.25) is 0 Å². The molecular formula is C22H25N3O2. The van der Waals surface area contributed by atoms with Gasteiger partial charge in [-0.25, -0.2) is 4.98 Å². The molecule has 2 N–H and O–H groups in total. The number of ether oxygens (including phenoxy) is 1. The first kappa shape index (κ1) is 17.6. The number of carbonyl (C=O) groups is 1. The third-order valence-corrected chi connectivity index (χ3v) is 5.49. The highest BCUT2D eigenvalue weighted by Crippen LogP contribution is 2.36. The molecule has 0 saturated carbocycles. The number of nitrogens with zero attached hydrogens (tertiary/aromatic N) is 1. The largest absolute Gasteiger partial charge is 0.497 e. The molecule has 5 heteroatoms. The Morgan fingerprint density at radius 1 is 1.30 bits per heavy atom. The van der Waals surface area contributed by atoms with Crippen molar-refractivity contribution in [1.82, 2.24) is 15.3 Å². The minimum absolute atomic E-state index is 0.0275. The second kappa shape index (κ2) is 7.82. The Bertz CT molecular complexity index is 948. The van der Waals surface area contributed by atoms with Crippen LogP contribution in [0.15, 0.2) is 42.7 Å². The predicted molar refractivity (Wildman–Crippen MR) is 106 cm³/mol. The summed E-state index contributed by atoms with van der Waals surface area (Å²) in [5, 5.41) is 3.04. The van der Waals surface area contributed by atoms with Gasteiger partial charge in [-0.2, -0.15) is 0 Å². The molecule has 27 heavy (non-hydrogen) atoms. The Labute approximate surface area is 159 Å². The number of aromatic amines is 1. The predicted octanol–water partition coefficient (Wildman–Crippen LogP) is 4.20. The van der Waals surface area contributed by atoms with E-state index in [0.717, 1.165) is 36.0 Å². The van der Waals surface area contributed by atoms with E-state index in [1.807, 2.05) is 18.2 Å². The number of amides is 1. The van der Waals surface area contributed by atoms with Gasteiger partial charge in [0.15, 0.2) is 0 Å². The van der Waals surface area contributed by atoms with Gasteiger partial charge in [-0.15, -0.1) is 0 Å². The number of imidazole rings is 1. The molecule has 0 radical (unpaired) electrons. The summed E-state index contributed by atoms with van der Waals surface area (Å²) >= 11 is 0. The number of methoxy groups -OCH3 is 1. The number of H-pyrrole nitrogens is 1. The summed E-state index contributed by atoms with van der Waals surface area (Å²) in [6, 6.07) is 12.0. The summed E-state index contributed by atoms with van der Waals surface area (Å²) in [6.07, 6.45) is 7.30. The van der Waals surface area contributed by atoms with Gasteiger partial charge in [0.1, 0.15) is 5.75 Å². The Balaban J connectivity index is 1.31. The lowest BCUT2D eigenvalue weighted by Crippen LogP contribution is -2.25. The maximum Gasteiger partial charge on any atom is 0.251 e. The van der Waals surface area contributed by atoms with Gasteiger partial charge in [-0.05, 0) is 79.5 Å². The van der Waals surface area contributed by atoms with Crippen LogP contribution in [-0.4, -0.2) is 29.5 Å². The normalized spacial score (nSPS) is 16.1. The number of fused-ring (bicyclic) bond motifs is 2. The van der Waals surface area contributed by atoms with Gasteiger partial charge in [-0.3, -0.25) is 4.79 Å². The SMILES string of the molecule is COc1ccc2c(c1)CCCC2CCCNC(=O)c1ccc2nc[nH]c2c1. The maximum absolute atomic E-state index is 12.4. The van der Waals surface area contributed by atoms with Crippen LogP contribution < -0.4 is 10.1 Å². The summed E-state index contributed by atoms with van der Waals surface area (Å²) in [5.41, 5.74) is 5.30. The van der Waals surface area contributed by atoms with E-state index in [1.165, 1.54) is 24.0 Å². The summed E-state index contributed by atoms with van der Waals surface area (Å²) < 4.78 is 5.35. The van der Waals surface area contributed by atoms with E-state index in [4.69, 9.17) is 4.74 Å². The molecule has 5 nitrogen and oxygen atoms in total. The van der Waals surface area contributed by atoms with E-state index in [9.17, 15) is 4.79 Å². The Hall–Kier alpha value is -2.82. The smallest absolute Gasteiger partial charge is 0.251 e. The molecule has 1 aromatic heterocycles. The summed E-state index contributed by atoms with van der Waals surface area (Å²) in [4.78, 5) is 19.6. The van der Waals surface area contributed by atoms with Gasteiger partial charge in [-0.1, -0.05) is 6.07 Å². The fraction of sp³-hybridized carbons (Fsp3) is 0.364. The summed E-state index contributed by atoms with van der Waals surface area (Å²) in [6.45, 7) is 0.696. The quantitative estimate of drug-likeness (QED) is 0.645. The van der Waals surface area contributed by atoms with Gasteiger partial charge in [0.25, 0.3) is 5.91 Å². The van der Waals surface area contributed by atoms with Gasteiger partial charge in [0.05, 0.1) is 24.5 Å². The first-order chi connectivity index (χ1) is 13.2. The van der Waals surface area contributed by atoms with Crippen molar-refractivity contribution in [3.63, 3.8) is 0 Å². The van der Waals surface area contributed by atoms with E-state index >= 15 is 0 Å². The van der Waals surface area contributed by atoms with Crippen molar-refractivity contribution in [3.05, 3.63) is 59.4 Å². The van der Waals surface area contributed by atoms with Crippen molar-refractivity contribution in [2.45, 2.75) is 38.0 Å². The minimum Gasteiger partial charge on any atom is -0.497 e. The molecule has 0 spiro atoms. The number of aryl methyl sites for hydroxylation is 1. The zero-order valence-electron chi connectivity index (χ0n) is 15.6. The van der Waals surface area contributed by atoms with Crippen molar-refractivity contribution in [3.8, 4) is 5.75 Å². The molecule has 3 aromatic rings. The van der Waals surface area contributed by atoms with E-state index in [2.05, 4.69) is 33.5 Å². The highest BCUT2D eigenvalue weighted by Gasteiger charge is 2.20. The topological polar surface area (TPSA) is 67.0 Å². The lowest BCUT2D eigenvalue weighted by Gasteiger charge is -2.26. The second-order valence-corrected chi connectivity index (χ2v) is 7.19. The van der Waals surface area contributed by atoms with Crippen LogP contribution in [0.4, 0.5) is 0 Å². The van der Waals surface area contributed by atoms with Crippen LogP contribution in [-0.2, 0) is 6.42 Å². The second-order valence-electron chi connectivity index (χ2n) is 7.19. The lowest BCUT2D eigenvalue weighted by atomic mass is 9.80. The Kier molecular flexibility index (Phi) is 5.10. The van der Waals surface area contributed by atoms with Crippen LogP contribution in [0.3, 0.4) is 0 Å². The number of hydrogen-bond donors (Lipinski definition) is 2. The molecule has 4 rings (SSSR count). The first-order valence-corrected chi connectivity index (χ1v) is 9.63. The molecule has 0 aliphatic heterocycles. The molecule has 1 unspecified atom stereocenters. The Morgan fingerprint density at radius 2 is 2.22 bits per heavy atom. The highest BCUT2D eigenvalue weighted by molar-refractivity contribution is 5.97. The molecule has 0 fully saturated rings. The van der Waals surface area contributed by atoms with Crippen molar-refractivity contribution in [1.29, 1.82) is 0 Å². The van der Waals surface area contributed by atoms with Gasteiger partial charge >= 0.3 is 0 Å². The summed E-state index contributed by atoms with van der Waals surface area (Å²) in [7, 11) is 1.72. The zero-order chi connectivity index (χ0) is 18.6. The van der Waals surface area contributed by atoms with E-state index in [-0.39, 0.29) is 5.91 Å². The Morgan fingerprint density at radius 3 is 3.11 bits per heavy atom. The molecule has 1 aliphatic carbocycles. The minimum atomic E-state index is -0.0275. The van der Waals surface area contributed by atoms with Crippen LogP contribution in [0.25, 0.3) is 11.0 Å². The van der Waals surface area contributed by atoms with Crippen molar-refractivity contribution >= 4 is 16.9 Å². The average molecular weight is 363 g/mol. The van der Waals surface area contributed by atoms with E-state index in [1.54, 1.807) is 13.4 Å². The number of carbonyl (C=O) groups excluding carboxylic acids is 1. The molecule has 140 valence electrons. The van der Waals surface area contributed by atoms with Crippen LogP contribution >= 0.6 is 0 Å². The summed E-state index contributed by atoms with van der Waals surface area (Å²) in [5.74, 6) is 1.49. The number of benzene rings is 2. The number of rotatable bonds is 6. The standard InChI is InChI=1S/C22H25N3O2/c1-27-18-8-9-19-15(4-2-5-16(19)12-18)6-3-11-23-22(26)17-7-10-20-21(13-17)25-14-24-20/h7-10,12-15H,2-6,11H2,1H3,(H,23,26)(H,24,25). The van der Waals surface area contributed by atoms with E-state index in [0.29, 0.717) is 18.0 Å². The molecule has 1 aliphatic rings. The molecular weight excluding hydrogens is 338 g/mol. The molecule has 1 atom stereocenters. The van der Waals surface area contributed by atoms with Crippen molar-refractivity contribution in [2.75, 3.05) is 13.7 Å². The third kappa shape index (κ3) is 3.82. The zero-order valence-corrected chi connectivity index (χ0v) is 15.6. The molecule has 1 heterocycles. The average Bonchev–Trinajstić information content (AvgIpc) is 3.18. The monoisotopic (exact) mass is 363 g/mol. The molecule has 2 aromatic carbocycles. The molecule has 1 amide bonds. The fourth-order valence-electron chi connectivity index (χ4n) is 4.05. The number of hydrogen-bond acceptors (Lipinski definition) is 3. The lowest BCUT2D eigenvalue weighted by molar-refractivity contribution is 0.0953. The fourth-order valence-corrected chi connectivity index (χ4v) is 4.05. The van der Waals surface area contributed by atoms with Gasteiger partial charge < -0.3 is 15.0 Å². The number of aromatic nitrogens is 2. The third-order valence-electron chi connectivity index (χ3n) is 5.49. The van der Waals surface area contributed by atoms with Crippen LogP contribution in [0.5, 0.6) is 5.75 Å². The molecule has 0 bridgehead atoms. The van der Waals surface area contributed by atoms with E-state index < -0.39 is 0 Å². The van der Waals surface area contributed by atoms with Crippen molar-refractivity contribution in [2.24, 2.45) is 0 Å². The van der Waals surface area contributed by atoms with Gasteiger partial charge in [0, 0.05) is 12.1 Å². The van der Waals surface area contributed by atoms with Crippen LogP contribution in [0.2, 0.25) is 0 Å². The first-order valence-electron chi connectivity index (χ1n) is 9.63. The highest BCUT2D eigenvalue weighted by atomic mass is 16.5. The number of nitrogens with one attached hydrogen (secondary N) is 2. The maximum atomic E-state index is 12.4. The van der Waals surface area contributed by atoms with Crippen LogP contribution in [0, 0.1) is 0 Å².